The van der Waals surface area contributed by atoms with E-state index < -0.39 is 0 Å². The van der Waals surface area contributed by atoms with Gasteiger partial charge in [-0.1, -0.05) is 0 Å². The Morgan fingerprint density at radius 1 is 1.60 bits per heavy atom. The van der Waals surface area contributed by atoms with Gasteiger partial charge in [-0.05, 0) is 6.42 Å². The maximum absolute atomic E-state index is 10.8. The first-order chi connectivity index (χ1) is 4.74. The van der Waals surface area contributed by atoms with Crippen LogP contribution in [0.1, 0.15) is 12.8 Å². The molecule has 1 saturated heterocycles. The van der Waals surface area contributed by atoms with Crippen LogP contribution >= 0.6 is 16.1 Å². The van der Waals surface area contributed by atoms with Crippen molar-refractivity contribution in [3.8, 4) is 0 Å². The first-order valence-corrected chi connectivity index (χ1v) is 3.73. The third-order valence-electron chi connectivity index (χ3n) is 1.37. The molecule has 1 heterocycles. The Morgan fingerprint density at radius 3 is 2.80 bits per heavy atom. The van der Waals surface area contributed by atoms with Gasteiger partial charge in [-0.3, -0.25) is 14.9 Å². The molecule has 1 rings (SSSR count). The number of piperidine rings is 1. The highest BCUT2D eigenvalue weighted by Gasteiger charge is 2.24. The number of carbonyl (C=O) groups is 2. The van der Waals surface area contributed by atoms with Crippen LogP contribution in [-0.2, 0) is 9.59 Å². The van der Waals surface area contributed by atoms with Crippen LogP contribution in [0.5, 0.6) is 0 Å². The summed E-state index contributed by atoms with van der Waals surface area (Å²) in [5.74, 6) is -0.447. The van der Waals surface area contributed by atoms with Crippen LogP contribution in [0.2, 0.25) is 0 Å². The summed E-state index contributed by atoms with van der Waals surface area (Å²) in [7, 11) is 0. The van der Waals surface area contributed by atoms with Gasteiger partial charge in [0.15, 0.2) is 0 Å². The molecule has 0 saturated carbocycles. The van der Waals surface area contributed by atoms with Gasteiger partial charge in [-0.2, -0.15) is 0 Å². The van der Waals surface area contributed by atoms with Crippen LogP contribution in [0.15, 0.2) is 0 Å². The molecule has 2 amide bonds. The molecule has 0 aromatic heterocycles. The third-order valence-corrected chi connectivity index (χ3v) is 1.92. The summed E-state index contributed by atoms with van der Waals surface area (Å²) >= 11 is 2.95. The fourth-order valence-corrected chi connectivity index (χ4v) is 1.23. The molecule has 5 heteroatoms. The van der Waals surface area contributed by atoms with Crippen LogP contribution in [-0.4, -0.2) is 17.9 Å². The molecule has 1 atom stereocenters. The molecule has 0 radical (unpaired) electrons. The van der Waals surface area contributed by atoms with E-state index in [0.29, 0.717) is 12.8 Å². The second kappa shape index (κ2) is 3.12. The van der Waals surface area contributed by atoms with Crippen LogP contribution in [0.25, 0.3) is 0 Å². The summed E-state index contributed by atoms with van der Waals surface area (Å²) in [6.07, 6.45) is 0.977. The average Bonchev–Trinajstić information content (AvgIpc) is 1.88. The van der Waals surface area contributed by atoms with Gasteiger partial charge in [0.2, 0.25) is 11.8 Å². The van der Waals surface area contributed by atoms with Crippen molar-refractivity contribution in [2.45, 2.75) is 18.9 Å². The first-order valence-electron chi connectivity index (χ1n) is 2.94. The Hall–Kier alpha value is -0.420. The minimum atomic E-state index is -0.266. The Kier molecular flexibility index (Phi) is 2.39. The zero-order valence-corrected chi connectivity index (χ0v) is 6.77. The molecule has 0 bridgehead atoms. The molecule has 56 valence electrons. The number of amides is 2. The van der Waals surface area contributed by atoms with Gasteiger partial charge in [0.25, 0.3) is 0 Å². The minimum absolute atomic E-state index is 0.191. The summed E-state index contributed by atoms with van der Waals surface area (Å²) in [4.78, 5) is 21.4. The Morgan fingerprint density at radius 2 is 2.30 bits per heavy atom. The summed E-state index contributed by atoms with van der Waals surface area (Å²) in [6.45, 7) is 0. The van der Waals surface area contributed by atoms with E-state index in [4.69, 9.17) is 0 Å². The molecule has 0 aromatic carbocycles. The number of imide groups is 1. The number of halogens is 1. The molecule has 0 aromatic rings. The molecule has 1 fully saturated rings. The standard InChI is InChI=1S/C5H7BrN2O2/c6-8-3-1-2-4(9)7-5(3)10/h3,8H,1-2H2,(H,7,9,10)/t3-/m0/s1. The van der Waals surface area contributed by atoms with E-state index in [1.165, 1.54) is 0 Å². The smallest absolute Gasteiger partial charge is 0.244 e. The summed E-state index contributed by atoms with van der Waals surface area (Å²) < 4.78 is 2.62. The normalized spacial score (nSPS) is 26.3. The minimum Gasteiger partial charge on any atom is -0.295 e. The quantitative estimate of drug-likeness (QED) is 0.458. The molecule has 2 N–H and O–H groups in total. The van der Waals surface area contributed by atoms with Gasteiger partial charge in [0.05, 0.1) is 6.04 Å². The largest absolute Gasteiger partial charge is 0.295 e. The van der Waals surface area contributed by atoms with Crippen molar-refractivity contribution in [3.05, 3.63) is 0 Å². The van der Waals surface area contributed by atoms with Gasteiger partial charge in [0, 0.05) is 22.6 Å². The van der Waals surface area contributed by atoms with Crippen LogP contribution < -0.4 is 9.66 Å². The molecule has 4 nitrogen and oxygen atoms in total. The number of rotatable bonds is 1. The molecule has 0 spiro atoms. The first kappa shape index (κ1) is 7.68. The lowest BCUT2D eigenvalue weighted by molar-refractivity contribution is -0.134. The molecule has 0 aliphatic carbocycles. The van der Waals surface area contributed by atoms with Gasteiger partial charge >= 0.3 is 0 Å². The van der Waals surface area contributed by atoms with Crippen molar-refractivity contribution in [1.82, 2.24) is 9.66 Å². The second-order valence-electron chi connectivity index (χ2n) is 2.11. The molecule has 0 unspecified atom stereocenters. The van der Waals surface area contributed by atoms with E-state index in [-0.39, 0.29) is 17.9 Å². The average molecular weight is 207 g/mol. The van der Waals surface area contributed by atoms with Crippen molar-refractivity contribution in [3.63, 3.8) is 0 Å². The van der Waals surface area contributed by atoms with E-state index in [1.807, 2.05) is 0 Å². The number of hydrogen-bond acceptors (Lipinski definition) is 3. The number of carbonyl (C=O) groups excluding carboxylic acids is 2. The maximum atomic E-state index is 10.8. The zero-order chi connectivity index (χ0) is 7.56. The lowest BCUT2D eigenvalue weighted by Crippen LogP contribution is -2.48. The number of nitrogens with one attached hydrogen (secondary N) is 2. The number of hydrogen-bond donors (Lipinski definition) is 2. The predicted octanol–water partition coefficient (Wildman–Crippen LogP) is -0.309. The maximum Gasteiger partial charge on any atom is 0.244 e. The summed E-state index contributed by atoms with van der Waals surface area (Å²) in [6, 6.07) is -0.266. The summed E-state index contributed by atoms with van der Waals surface area (Å²) in [5, 5.41) is 2.21. The third kappa shape index (κ3) is 1.54. The molecule has 1 aliphatic heterocycles. The van der Waals surface area contributed by atoms with Crippen molar-refractivity contribution in [2.75, 3.05) is 0 Å². The highest BCUT2D eigenvalue weighted by atomic mass is 79.9. The van der Waals surface area contributed by atoms with Gasteiger partial charge in [-0.15, -0.1) is 0 Å². The lowest BCUT2D eigenvalue weighted by Gasteiger charge is -2.18. The van der Waals surface area contributed by atoms with E-state index in [1.54, 1.807) is 0 Å². The van der Waals surface area contributed by atoms with Gasteiger partial charge < -0.3 is 0 Å². The highest BCUT2D eigenvalue weighted by molar-refractivity contribution is 9.08. The van der Waals surface area contributed by atoms with Gasteiger partial charge in [0.1, 0.15) is 0 Å². The molecular weight excluding hydrogens is 200 g/mol. The van der Waals surface area contributed by atoms with Crippen LogP contribution in [0.3, 0.4) is 0 Å². The van der Waals surface area contributed by atoms with Crippen molar-refractivity contribution in [2.24, 2.45) is 0 Å². The topological polar surface area (TPSA) is 58.2 Å². The highest BCUT2D eigenvalue weighted by Crippen LogP contribution is 2.04. The van der Waals surface area contributed by atoms with E-state index >= 15 is 0 Å². The van der Waals surface area contributed by atoms with E-state index in [0.717, 1.165) is 0 Å². The summed E-state index contributed by atoms with van der Waals surface area (Å²) in [5.41, 5.74) is 0. The molecule has 10 heavy (non-hydrogen) atoms. The van der Waals surface area contributed by atoms with Crippen LogP contribution in [0, 0.1) is 0 Å². The van der Waals surface area contributed by atoms with Crippen LogP contribution in [0.4, 0.5) is 0 Å². The van der Waals surface area contributed by atoms with Crippen molar-refractivity contribution in [1.29, 1.82) is 0 Å². The van der Waals surface area contributed by atoms with Gasteiger partial charge in [-0.25, -0.2) is 4.34 Å². The second-order valence-corrected chi connectivity index (χ2v) is 2.57. The fourth-order valence-electron chi connectivity index (χ4n) is 0.798. The Balaban J connectivity index is 2.51. The SMILES string of the molecule is O=C1CC[C@H](NBr)C(=O)N1. The Labute approximate surface area is 66.7 Å². The molecule has 1 aliphatic rings. The molecular formula is C5H7BrN2O2. The zero-order valence-electron chi connectivity index (χ0n) is 5.19. The van der Waals surface area contributed by atoms with E-state index in [2.05, 4.69) is 25.8 Å². The monoisotopic (exact) mass is 206 g/mol. The predicted molar refractivity (Wildman–Crippen MR) is 38.2 cm³/mol. The Bertz CT molecular complexity index is 171. The van der Waals surface area contributed by atoms with Crippen molar-refractivity contribution < 1.29 is 9.59 Å². The van der Waals surface area contributed by atoms with E-state index in [9.17, 15) is 9.59 Å². The van der Waals surface area contributed by atoms with Crippen molar-refractivity contribution >= 4 is 28.0 Å². The lowest BCUT2D eigenvalue weighted by atomic mass is 10.1. The fraction of sp³-hybridized carbons (Fsp3) is 0.600.